The zero-order valence-electron chi connectivity index (χ0n) is 10.4. The van der Waals surface area contributed by atoms with Gasteiger partial charge in [-0.1, -0.05) is 11.6 Å². The molecule has 2 unspecified atom stereocenters. The van der Waals surface area contributed by atoms with Crippen molar-refractivity contribution >= 4 is 29.5 Å². The maximum absolute atomic E-state index is 11.7. The first-order valence-electron chi connectivity index (χ1n) is 6.50. The normalized spacial score (nSPS) is 25.9. The Kier molecular flexibility index (Phi) is 3.19. The Morgan fingerprint density at radius 3 is 3.00 bits per heavy atom. The number of carbonyl (C=O) groups is 2. The second-order valence-corrected chi connectivity index (χ2v) is 5.49. The molecule has 2 atom stereocenters. The molecule has 1 N–H and O–H groups in total. The van der Waals surface area contributed by atoms with Gasteiger partial charge in [-0.05, 0) is 31.0 Å². The number of anilines is 1. The summed E-state index contributed by atoms with van der Waals surface area (Å²) in [5, 5.41) is 3.39. The van der Waals surface area contributed by atoms with Crippen molar-refractivity contribution in [3.63, 3.8) is 0 Å². The third-order valence-electron chi connectivity index (χ3n) is 4.04. The van der Waals surface area contributed by atoms with Crippen LogP contribution in [0, 0.1) is 5.92 Å². The molecule has 1 aromatic carbocycles. The van der Waals surface area contributed by atoms with Crippen LogP contribution in [0.25, 0.3) is 0 Å². The molecule has 0 saturated carbocycles. The first-order valence-corrected chi connectivity index (χ1v) is 6.87. The number of amides is 1. The average Bonchev–Trinajstić information content (AvgIpc) is 2.80. The molecule has 4 nitrogen and oxygen atoms in total. The highest BCUT2D eigenvalue weighted by molar-refractivity contribution is 6.33. The van der Waals surface area contributed by atoms with Crippen LogP contribution in [0.15, 0.2) is 18.2 Å². The molecule has 2 saturated heterocycles. The summed E-state index contributed by atoms with van der Waals surface area (Å²) in [5.41, 5.74) is 1.49. The largest absolute Gasteiger partial charge is 0.366 e. The summed E-state index contributed by atoms with van der Waals surface area (Å²) in [7, 11) is 0. The molecule has 0 bridgehead atoms. The molecule has 1 aromatic rings. The molecule has 100 valence electrons. The van der Waals surface area contributed by atoms with Crippen molar-refractivity contribution in [3.05, 3.63) is 28.8 Å². The topological polar surface area (TPSA) is 49.4 Å². The number of hydrogen-bond acceptors (Lipinski definition) is 3. The molecule has 0 spiro atoms. The van der Waals surface area contributed by atoms with E-state index >= 15 is 0 Å². The van der Waals surface area contributed by atoms with Gasteiger partial charge in [0.1, 0.15) is 0 Å². The fourth-order valence-electron chi connectivity index (χ4n) is 3.06. The van der Waals surface area contributed by atoms with Crippen molar-refractivity contribution in [1.82, 2.24) is 5.32 Å². The lowest BCUT2D eigenvalue weighted by Crippen LogP contribution is -2.45. The van der Waals surface area contributed by atoms with Crippen molar-refractivity contribution < 1.29 is 9.59 Å². The Labute approximate surface area is 116 Å². The van der Waals surface area contributed by atoms with Gasteiger partial charge in [0.25, 0.3) is 0 Å². The van der Waals surface area contributed by atoms with E-state index in [9.17, 15) is 9.59 Å². The number of benzene rings is 1. The number of aldehydes is 1. The third-order valence-corrected chi connectivity index (χ3v) is 4.37. The van der Waals surface area contributed by atoms with Crippen molar-refractivity contribution in [1.29, 1.82) is 0 Å². The highest BCUT2D eigenvalue weighted by Gasteiger charge is 2.40. The summed E-state index contributed by atoms with van der Waals surface area (Å²) >= 11 is 6.08. The van der Waals surface area contributed by atoms with Gasteiger partial charge in [0.15, 0.2) is 6.29 Å². The molecule has 0 radical (unpaired) electrons. The Balaban J connectivity index is 1.91. The van der Waals surface area contributed by atoms with Gasteiger partial charge in [-0.25, -0.2) is 0 Å². The number of nitrogens with one attached hydrogen (secondary N) is 1. The minimum atomic E-state index is 0.0817. The molecular formula is C14H15ClN2O2. The SMILES string of the molecule is O=Cc1ccc(N2CCCC3C(=O)NCC32)cc1Cl. The molecule has 2 aliphatic rings. The number of hydrogen-bond donors (Lipinski definition) is 1. The van der Waals surface area contributed by atoms with Gasteiger partial charge in [0, 0.05) is 24.3 Å². The maximum Gasteiger partial charge on any atom is 0.225 e. The van der Waals surface area contributed by atoms with Crippen molar-refractivity contribution in [2.75, 3.05) is 18.0 Å². The van der Waals surface area contributed by atoms with Crippen molar-refractivity contribution in [2.45, 2.75) is 18.9 Å². The van der Waals surface area contributed by atoms with Gasteiger partial charge >= 0.3 is 0 Å². The Morgan fingerprint density at radius 1 is 1.42 bits per heavy atom. The second kappa shape index (κ2) is 4.85. The Bertz CT molecular complexity index is 532. The lowest BCUT2D eigenvalue weighted by atomic mass is 9.91. The van der Waals surface area contributed by atoms with Gasteiger partial charge in [-0.3, -0.25) is 9.59 Å². The fourth-order valence-corrected chi connectivity index (χ4v) is 3.28. The van der Waals surface area contributed by atoms with Crippen LogP contribution < -0.4 is 10.2 Å². The summed E-state index contributed by atoms with van der Waals surface area (Å²) in [6, 6.07) is 5.66. The summed E-state index contributed by atoms with van der Waals surface area (Å²) in [4.78, 5) is 24.8. The summed E-state index contributed by atoms with van der Waals surface area (Å²) in [5.74, 6) is 0.239. The maximum atomic E-state index is 11.7. The van der Waals surface area contributed by atoms with Crippen LogP contribution in [0.2, 0.25) is 5.02 Å². The minimum absolute atomic E-state index is 0.0817. The summed E-state index contributed by atoms with van der Waals surface area (Å²) < 4.78 is 0. The molecule has 2 heterocycles. The predicted molar refractivity (Wildman–Crippen MR) is 73.7 cm³/mol. The number of rotatable bonds is 2. The van der Waals surface area contributed by atoms with Crippen LogP contribution in [0.1, 0.15) is 23.2 Å². The molecule has 3 rings (SSSR count). The van der Waals surface area contributed by atoms with E-state index < -0.39 is 0 Å². The van der Waals surface area contributed by atoms with E-state index in [0.29, 0.717) is 17.1 Å². The lowest BCUT2D eigenvalue weighted by molar-refractivity contribution is -0.122. The minimum Gasteiger partial charge on any atom is -0.366 e. The van der Waals surface area contributed by atoms with E-state index in [2.05, 4.69) is 10.2 Å². The van der Waals surface area contributed by atoms with E-state index in [4.69, 9.17) is 11.6 Å². The standard InChI is InChI=1S/C14H15ClN2O2/c15-12-6-10(4-3-9(12)8-18)17-5-1-2-11-13(17)7-16-14(11)19/h3-4,6,8,11,13H,1-2,5,7H2,(H,16,19). The van der Waals surface area contributed by atoms with Gasteiger partial charge in [0.2, 0.25) is 5.91 Å². The third kappa shape index (κ3) is 2.10. The fraction of sp³-hybridized carbons (Fsp3) is 0.429. The number of halogens is 1. The number of fused-ring (bicyclic) bond motifs is 1. The van der Waals surface area contributed by atoms with Gasteiger partial charge in [0.05, 0.1) is 17.0 Å². The number of nitrogens with zero attached hydrogens (tertiary/aromatic N) is 1. The molecule has 0 aliphatic carbocycles. The zero-order chi connectivity index (χ0) is 13.4. The van der Waals surface area contributed by atoms with Crippen LogP contribution in [-0.4, -0.2) is 31.3 Å². The first kappa shape index (κ1) is 12.5. The molecule has 2 aliphatic heterocycles. The van der Waals surface area contributed by atoms with E-state index in [1.165, 1.54) is 0 Å². The van der Waals surface area contributed by atoms with Crippen molar-refractivity contribution in [3.8, 4) is 0 Å². The van der Waals surface area contributed by atoms with Crippen molar-refractivity contribution in [2.24, 2.45) is 5.92 Å². The molecular weight excluding hydrogens is 264 g/mol. The lowest BCUT2D eigenvalue weighted by Gasteiger charge is -2.37. The van der Waals surface area contributed by atoms with Crippen LogP contribution in [0.5, 0.6) is 0 Å². The molecule has 2 fully saturated rings. The quantitative estimate of drug-likeness (QED) is 0.840. The van der Waals surface area contributed by atoms with E-state index in [1.807, 2.05) is 12.1 Å². The molecule has 0 aromatic heterocycles. The predicted octanol–water partition coefficient (Wildman–Crippen LogP) is 1.87. The highest BCUT2D eigenvalue weighted by atomic mass is 35.5. The monoisotopic (exact) mass is 278 g/mol. The second-order valence-electron chi connectivity index (χ2n) is 5.08. The van der Waals surface area contributed by atoms with E-state index in [1.54, 1.807) is 6.07 Å². The first-order chi connectivity index (χ1) is 9.20. The Morgan fingerprint density at radius 2 is 2.26 bits per heavy atom. The highest BCUT2D eigenvalue weighted by Crippen LogP contribution is 2.33. The van der Waals surface area contributed by atoms with Gasteiger partial charge < -0.3 is 10.2 Å². The zero-order valence-corrected chi connectivity index (χ0v) is 11.2. The molecule has 19 heavy (non-hydrogen) atoms. The molecule has 5 heteroatoms. The van der Waals surface area contributed by atoms with Gasteiger partial charge in [-0.15, -0.1) is 0 Å². The van der Waals surface area contributed by atoms with Crippen LogP contribution in [0.4, 0.5) is 5.69 Å². The van der Waals surface area contributed by atoms with Crippen LogP contribution in [0.3, 0.4) is 0 Å². The molecule has 1 amide bonds. The van der Waals surface area contributed by atoms with E-state index in [-0.39, 0.29) is 17.9 Å². The summed E-state index contributed by atoms with van der Waals surface area (Å²) in [6.07, 6.45) is 2.71. The van der Waals surface area contributed by atoms with E-state index in [0.717, 1.165) is 31.4 Å². The smallest absolute Gasteiger partial charge is 0.225 e. The van der Waals surface area contributed by atoms with Crippen LogP contribution >= 0.6 is 11.6 Å². The summed E-state index contributed by atoms with van der Waals surface area (Å²) in [6.45, 7) is 1.61. The average molecular weight is 279 g/mol. The van der Waals surface area contributed by atoms with Gasteiger partial charge in [-0.2, -0.15) is 0 Å². The Hall–Kier alpha value is -1.55. The van der Waals surface area contributed by atoms with Crippen LogP contribution in [-0.2, 0) is 4.79 Å². The number of carbonyl (C=O) groups excluding carboxylic acids is 2. The number of piperidine rings is 1.